The number of hydrogen-bond acceptors (Lipinski definition) is 4. The molecule has 130 heavy (non-hydrogen) atoms. The van der Waals surface area contributed by atoms with Crippen LogP contribution in [0.5, 0.6) is 0 Å². The van der Waals surface area contributed by atoms with E-state index in [0.29, 0.717) is 0 Å². The summed E-state index contributed by atoms with van der Waals surface area (Å²) in [5, 5.41) is 6.91. The third kappa shape index (κ3) is 11.7. The Morgan fingerprint density at radius 2 is 0.454 bits per heavy atom. The highest BCUT2D eigenvalue weighted by atomic mass is 15.1. The van der Waals surface area contributed by atoms with Crippen LogP contribution >= 0.6 is 0 Å². The van der Waals surface area contributed by atoms with Gasteiger partial charge in [-0.05, 0) is 241 Å². The molecule has 4 heterocycles. The zero-order valence-corrected chi connectivity index (χ0v) is 73.8. The molecule has 6 heteroatoms. The van der Waals surface area contributed by atoms with Gasteiger partial charge in [-0.2, -0.15) is 0 Å². The van der Waals surface area contributed by atoms with Gasteiger partial charge in [0, 0.05) is 76.8 Å². The van der Waals surface area contributed by atoms with Crippen molar-refractivity contribution < 1.29 is 0 Å². The lowest BCUT2D eigenvalue weighted by molar-refractivity contribution is 0.660. The highest BCUT2D eigenvalue weighted by Gasteiger charge is 2.40. The van der Waals surface area contributed by atoms with Crippen molar-refractivity contribution in [2.24, 2.45) is 0 Å². The lowest BCUT2D eigenvalue weighted by Gasteiger charge is -2.23. The summed E-state index contributed by atoms with van der Waals surface area (Å²) in [5.74, 6) is 1.85. The van der Waals surface area contributed by atoms with E-state index in [1.807, 2.05) is 0 Å². The fourth-order valence-electron chi connectivity index (χ4n) is 22.5. The van der Waals surface area contributed by atoms with Crippen LogP contribution < -0.4 is 0 Å². The molecule has 0 saturated heterocycles. The molecule has 0 radical (unpaired) electrons. The Bertz CT molecular complexity index is 8500. The molecule has 6 nitrogen and oxygen atoms in total. The number of benzene rings is 18. The number of fused-ring (bicyclic) bond motifs is 20. The molecule has 0 aliphatic heterocycles. The van der Waals surface area contributed by atoms with Gasteiger partial charge in [0.25, 0.3) is 0 Å². The van der Waals surface area contributed by atoms with Crippen molar-refractivity contribution >= 4 is 65.4 Å². The van der Waals surface area contributed by atoms with Crippen molar-refractivity contribution in [1.29, 1.82) is 0 Å². The second kappa shape index (κ2) is 28.9. The van der Waals surface area contributed by atoms with Crippen LogP contribution in [0, 0.1) is 0 Å². The molecule has 616 valence electrons. The van der Waals surface area contributed by atoms with Gasteiger partial charge in [-0.25, -0.2) is 19.9 Å². The number of pyridine rings is 2. The minimum absolute atomic E-state index is 0.118. The van der Waals surface area contributed by atoms with Crippen LogP contribution in [0.2, 0.25) is 0 Å². The maximum Gasteiger partial charge on any atom is 0.145 e. The van der Waals surface area contributed by atoms with Crippen molar-refractivity contribution in [3.05, 3.63) is 445 Å². The molecule has 0 spiro atoms. The predicted octanol–water partition coefficient (Wildman–Crippen LogP) is 32.0. The summed E-state index contributed by atoms with van der Waals surface area (Å²) in [4.78, 5) is 21.6. The molecule has 0 fully saturated rings. The van der Waals surface area contributed by atoms with E-state index in [-0.39, 0.29) is 21.7 Å². The molecule has 4 aliphatic carbocycles. The molecule has 0 bridgehead atoms. The maximum atomic E-state index is 5.66. The van der Waals surface area contributed by atoms with Crippen molar-refractivity contribution in [3.63, 3.8) is 0 Å². The third-order valence-corrected chi connectivity index (χ3v) is 29.2. The van der Waals surface area contributed by atoms with Gasteiger partial charge in [-0.15, -0.1) is 0 Å². The van der Waals surface area contributed by atoms with E-state index >= 15 is 0 Å². The summed E-state index contributed by atoms with van der Waals surface area (Å²) in [6.07, 6.45) is 0. The summed E-state index contributed by atoms with van der Waals surface area (Å²) in [6, 6.07) is 147. The summed E-state index contributed by atoms with van der Waals surface area (Å²) >= 11 is 0. The molecule has 0 saturated carbocycles. The number of rotatable bonds is 10. The van der Waals surface area contributed by atoms with Crippen LogP contribution in [-0.2, 0) is 21.7 Å². The van der Waals surface area contributed by atoms with E-state index in [0.717, 1.165) is 122 Å². The van der Waals surface area contributed by atoms with E-state index < -0.39 is 0 Å². The van der Waals surface area contributed by atoms with Crippen molar-refractivity contribution in [1.82, 2.24) is 29.1 Å². The Morgan fingerprint density at radius 3 is 0.854 bits per heavy atom. The Morgan fingerprint density at radius 1 is 0.177 bits per heavy atom. The quantitative estimate of drug-likeness (QED) is 0.128. The van der Waals surface area contributed by atoms with Gasteiger partial charge in [0.2, 0.25) is 0 Å². The molecular formula is C124H90N6. The molecule has 0 N–H and O–H groups in total. The fourth-order valence-corrected chi connectivity index (χ4v) is 22.5. The average Bonchev–Trinajstić information content (AvgIpc) is 1.50. The Kier molecular flexibility index (Phi) is 17.0. The fraction of sp³-hybridized carbons (Fsp3) is 0.0968. The molecule has 0 atom stereocenters. The number of para-hydroxylation sites is 5. The number of hydrogen-bond donors (Lipinski definition) is 0. The first-order valence-corrected chi connectivity index (χ1v) is 45.5. The van der Waals surface area contributed by atoms with E-state index in [9.17, 15) is 0 Å². The van der Waals surface area contributed by atoms with Gasteiger partial charge >= 0.3 is 0 Å². The number of aromatic nitrogens is 6. The van der Waals surface area contributed by atoms with Gasteiger partial charge in [0.15, 0.2) is 0 Å². The van der Waals surface area contributed by atoms with Gasteiger partial charge in [0.1, 0.15) is 11.6 Å². The Balaban J connectivity index is 0.000000140. The summed E-state index contributed by atoms with van der Waals surface area (Å²) < 4.78 is 4.55. The highest BCUT2D eigenvalue weighted by molar-refractivity contribution is 6.18. The van der Waals surface area contributed by atoms with Gasteiger partial charge < -0.3 is 0 Å². The lowest BCUT2D eigenvalue weighted by atomic mass is 9.81. The largest absolute Gasteiger partial charge is 0.292 e. The minimum Gasteiger partial charge on any atom is -0.292 e. The third-order valence-electron chi connectivity index (χ3n) is 29.2. The first-order chi connectivity index (χ1) is 63.5. The second-order valence-electron chi connectivity index (χ2n) is 37.9. The molecule has 4 aromatic heterocycles. The minimum atomic E-state index is -0.130. The van der Waals surface area contributed by atoms with E-state index in [2.05, 4.69) is 465 Å². The normalized spacial score (nSPS) is 14.1. The highest BCUT2D eigenvalue weighted by Crippen LogP contribution is 2.56. The maximum absolute atomic E-state index is 5.66. The zero-order chi connectivity index (χ0) is 87.2. The molecular weight excluding hydrogens is 1570 g/mol. The van der Waals surface area contributed by atoms with Crippen LogP contribution in [0.3, 0.4) is 0 Å². The van der Waals surface area contributed by atoms with Crippen LogP contribution in [0.4, 0.5) is 0 Å². The van der Waals surface area contributed by atoms with Gasteiger partial charge in [-0.3, -0.25) is 9.13 Å². The topological polar surface area (TPSA) is 61.4 Å². The number of imidazole rings is 2. The van der Waals surface area contributed by atoms with Crippen molar-refractivity contribution in [2.75, 3.05) is 0 Å². The molecule has 0 amide bonds. The smallest absolute Gasteiger partial charge is 0.145 e. The molecule has 18 aromatic carbocycles. The van der Waals surface area contributed by atoms with Crippen LogP contribution in [0.25, 0.3) is 211 Å². The standard InChI is InChI=1S/2C62H45N3/c1-61(2)52-22-12-10-19-44(52)46-32-28-40(34-54(46)61)50-37-57(41-29-33-47-45-20-11-13-23-53(45)62(3,4)55(47)35-41)63-59-48-21-9-8-18-43(48)49(36-51(50)59)38-26-30-42(31-27-38)65-58-25-15-14-24-56(58)64-60(65)39-16-6-5-7-17-39;1-61(2)52-22-12-10-19-44(52)46-32-30-40(34-54(46)61)50-37-57(41-31-33-47-45-20-11-13-23-53(45)62(3,4)55(47)35-41)63-59-48-21-9-8-18-43(48)49(36-51(50)59)38-26-28-39(29-27-38)60-64-56-24-14-15-25-58(56)65(60)42-16-6-5-7-17-42/h2*5-37H,1-4H3. The van der Waals surface area contributed by atoms with E-state index in [1.54, 1.807) is 0 Å². The van der Waals surface area contributed by atoms with Gasteiger partial charge in [-0.1, -0.05) is 359 Å². The number of nitrogens with zero attached hydrogens (tertiary/aromatic N) is 6. The van der Waals surface area contributed by atoms with Crippen molar-refractivity contribution in [3.8, 4) is 146 Å². The Hall–Kier alpha value is -15.8. The molecule has 0 unspecified atom stereocenters. The second-order valence-corrected chi connectivity index (χ2v) is 37.9. The lowest BCUT2D eigenvalue weighted by Crippen LogP contribution is -2.15. The van der Waals surface area contributed by atoms with Crippen molar-refractivity contribution in [2.45, 2.75) is 77.0 Å². The van der Waals surface area contributed by atoms with E-state index in [1.165, 1.54) is 133 Å². The monoisotopic (exact) mass is 1660 g/mol. The first-order valence-electron chi connectivity index (χ1n) is 45.5. The summed E-state index contributed by atoms with van der Waals surface area (Å²) in [7, 11) is 0. The van der Waals surface area contributed by atoms with Crippen LogP contribution in [-0.4, -0.2) is 29.1 Å². The predicted molar refractivity (Wildman–Crippen MR) is 541 cm³/mol. The average molecular weight is 1660 g/mol. The molecule has 22 aromatic rings. The first kappa shape index (κ1) is 76.7. The van der Waals surface area contributed by atoms with Gasteiger partial charge in [0.05, 0.1) is 44.5 Å². The van der Waals surface area contributed by atoms with Crippen LogP contribution in [0.1, 0.15) is 99.9 Å². The molecule has 4 aliphatic rings. The summed E-state index contributed by atoms with van der Waals surface area (Å²) in [5.41, 5.74) is 45.1. The van der Waals surface area contributed by atoms with Crippen LogP contribution in [0.15, 0.2) is 400 Å². The molecule has 26 rings (SSSR count). The summed E-state index contributed by atoms with van der Waals surface area (Å²) in [6.45, 7) is 18.9. The van der Waals surface area contributed by atoms with E-state index in [4.69, 9.17) is 19.9 Å². The Labute approximate surface area is 756 Å². The zero-order valence-electron chi connectivity index (χ0n) is 73.8. The SMILES string of the molecule is CC1(C)c2ccccc2-c2ccc(-c3cc(-c4ccc5c(c4)C(C)(C)c4ccccc4-5)c4cc(-c5ccc(-c6nc7ccccc7n6-c6ccccc6)cc5)c5ccccc5c4n3)cc21.CC1(C)c2ccccc2-c2ccc(-c3cc(-c4ccc5c(c4)C(C)(C)c4ccccc4-5)c4cc(-c5ccc(-n6c(-c7ccccc7)nc7ccccc76)cc5)c5ccccc5c4n3)cc21.